The highest BCUT2D eigenvalue weighted by molar-refractivity contribution is 5.47. The zero-order valence-electron chi connectivity index (χ0n) is 9.96. The molecule has 82 valence electrons. The summed E-state index contributed by atoms with van der Waals surface area (Å²) in [5, 5.41) is 3.46. The van der Waals surface area contributed by atoms with Gasteiger partial charge in [0.15, 0.2) is 0 Å². The Morgan fingerprint density at radius 3 is 2.47 bits per heavy atom. The number of hydrogen-bond acceptors (Lipinski definition) is 1. The summed E-state index contributed by atoms with van der Waals surface area (Å²) in [7, 11) is 0. The van der Waals surface area contributed by atoms with E-state index in [1.165, 1.54) is 17.8 Å². The van der Waals surface area contributed by atoms with Gasteiger partial charge in [-0.25, -0.2) is 0 Å². The fourth-order valence-corrected chi connectivity index (χ4v) is 1.42. The molecular formula is C14H21N. The molecule has 1 aromatic rings. The quantitative estimate of drug-likeness (QED) is 0.746. The smallest absolute Gasteiger partial charge is 0.0381 e. The molecule has 1 heteroatoms. The van der Waals surface area contributed by atoms with Crippen LogP contribution in [0.5, 0.6) is 0 Å². The van der Waals surface area contributed by atoms with Crippen LogP contribution in [0, 0.1) is 5.92 Å². The van der Waals surface area contributed by atoms with Crippen molar-refractivity contribution >= 4 is 5.69 Å². The van der Waals surface area contributed by atoms with Gasteiger partial charge in [0.05, 0.1) is 0 Å². The fourth-order valence-electron chi connectivity index (χ4n) is 1.42. The molecule has 0 saturated carbocycles. The molecule has 0 saturated heterocycles. The summed E-state index contributed by atoms with van der Waals surface area (Å²) < 4.78 is 0. The predicted octanol–water partition coefficient (Wildman–Crippen LogP) is 4.44. The molecule has 0 bridgehead atoms. The topological polar surface area (TPSA) is 12.0 Å². The molecule has 1 unspecified atom stereocenters. The molecule has 0 aliphatic rings. The molecule has 1 nitrogen and oxygen atoms in total. The monoisotopic (exact) mass is 203 g/mol. The third-order valence-electron chi connectivity index (χ3n) is 2.59. The van der Waals surface area contributed by atoms with E-state index in [2.05, 4.69) is 56.4 Å². The molecule has 1 rings (SSSR count). The molecule has 0 fully saturated rings. The van der Waals surface area contributed by atoms with Crippen LogP contribution in [0.15, 0.2) is 42.1 Å². The van der Waals surface area contributed by atoms with E-state index in [9.17, 15) is 0 Å². The average molecular weight is 203 g/mol. The molecule has 0 radical (unpaired) electrons. The first-order chi connectivity index (χ1) is 7.26. The van der Waals surface area contributed by atoms with Crippen molar-refractivity contribution in [2.24, 2.45) is 5.92 Å². The first-order valence-corrected chi connectivity index (χ1v) is 5.79. The van der Waals surface area contributed by atoms with Crippen molar-refractivity contribution in [3.63, 3.8) is 0 Å². The van der Waals surface area contributed by atoms with Gasteiger partial charge in [0.1, 0.15) is 0 Å². The minimum Gasteiger partial charge on any atom is -0.359 e. The standard InChI is InChI=1S/C14H21N/c1-4-12(3)11-13(5-2)15-14-9-7-6-8-10-14/h6-12,15H,4-5H2,1-3H3. The Morgan fingerprint density at radius 2 is 1.93 bits per heavy atom. The van der Waals surface area contributed by atoms with Gasteiger partial charge in [0, 0.05) is 11.4 Å². The van der Waals surface area contributed by atoms with Crippen LogP contribution in [0.2, 0.25) is 0 Å². The molecule has 0 heterocycles. The maximum atomic E-state index is 3.46. The Labute approximate surface area is 93.2 Å². The first-order valence-electron chi connectivity index (χ1n) is 5.79. The highest BCUT2D eigenvalue weighted by atomic mass is 14.9. The number of benzene rings is 1. The Kier molecular flexibility index (Phi) is 4.96. The maximum absolute atomic E-state index is 3.46. The SMILES string of the molecule is CCC(=CC(C)CC)Nc1ccccc1. The van der Waals surface area contributed by atoms with Crippen molar-refractivity contribution in [2.45, 2.75) is 33.6 Å². The van der Waals surface area contributed by atoms with E-state index >= 15 is 0 Å². The van der Waals surface area contributed by atoms with Crippen molar-refractivity contribution in [1.29, 1.82) is 0 Å². The average Bonchev–Trinajstić information content (AvgIpc) is 2.29. The Hall–Kier alpha value is -1.24. The highest BCUT2D eigenvalue weighted by Gasteiger charge is 1.98. The Bertz CT molecular complexity index is 300. The van der Waals surface area contributed by atoms with E-state index in [0.29, 0.717) is 5.92 Å². The van der Waals surface area contributed by atoms with Gasteiger partial charge in [0.2, 0.25) is 0 Å². The first kappa shape index (κ1) is 11.8. The van der Waals surface area contributed by atoms with Crippen LogP contribution >= 0.6 is 0 Å². The normalized spacial score (nSPS) is 13.7. The molecule has 1 aromatic carbocycles. The zero-order chi connectivity index (χ0) is 11.1. The number of hydrogen-bond donors (Lipinski definition) is 1. The third-order valence-corrected chi connectivity index (χ3v) is 2.59. The van der Waals surface area contributed by atoms with Crippen LogP contribution in [0.4, 0.5) is 5.69 Å². The number of anilines is 1. The molecule has 0 aliphatic carbocycles. The van der Waals surface area contributed by atoms with Gasteiger partial charge in [-0.2, -0.15) is 0 Å². The second kappa shape index (κ2) is 6.28. The fraction of sp³-hybridized carbons (Fsp3) is 0.429. The molecule has 1 N–H and O–H groups in total. The van der Waals surface area contributed by atoms with E-state index in [-0.39, 0.29) is 0 Å². The predicted molar refractivity (Wildman–Crippen MR) is 67.9 cm³/mol. The van der Waals surface area contributed by atoms with Crippen molar-refractivity contribution in [3.05, 3.63) is 42.1 Å². The van der Waals surface area contributed by atoms with Crippen LogP contribution < -0.4 is 5.32 Å². The molecule has 0 spiro atoms. The minimum absolute atomic E-state index is 0.649. The van der Waals surface area contributed by atoms with Crippen LogP contribution in [0.3, 0.4) is 0 Å². The van der Waals surface area contributed by atoms with E-state index in [0.717, 1.165) is 6.42 Å². The number of para-hydroxylation sites is 1. The van der Waals surface area contributed by atoms with Gasteiger partial charge < -0.3 is 5.32 Å². The summed E-state index contributed by atoms with van der Waals surface area (Å²) >= 11 is 0. The second-order valence-corrected chi connectivity index (χ2v) is 3.92. The van der Waals surface area contributed by atoms with Crippen molar-refractivity contribution < 1.29 is 0 Å². The third kappa shape index (κ3) is 4.20. The van der Waals surface area contributed by atoms with Crippen LogP contribution in [-0.4, -0.2) is 0 Å². The Morgan fingerprint density at radius 1 is 1.27 bits per heavy atom. The van der Waals surface area contributed by atoms with E-state index in [1.54, 1.807) is 0 Å². The van der Waals surface area contributed by atoms with Gasteiger partial charge in [-0.15, -0.1) is 0 Å². The summed E-state index contributed by atoms with van der Waals surface area (Å²) in [5.41, 5.74) is 2.49. The second-order valence-electron chi connectivity index (χ2n) is 3.92. The molecular weight excluding hydrogens is 182 g/mol. The summed E-state index contributed by atoms with van der Waals surface area (Å²) in [5.74, 6) is 0.649. The molecule has 0 aliphatic heterocycles. The van der Waals surface area contributed by atoms with Crippen molar-refractivity contribution in [2.75, 3.05) is 5.32 Å². The van der Waals surface area contributed by atoms with Crippen LogP contribution in [-0.2, 0) is 0 Å². The van der Waals surface area contributed by atoms with Gasteiger partial charge in [-0.05, 0) is 24.5 Å². The van der Waals surface area contributed by atoms with Gasteiger partial charge in [-0.3, -0.25) is 0 Å². The van der Waals surface area contributed by atoms with Gasteiger partial charge >= 0.3 is 0 Å². The van der Waals surface area contributed by atoms with Crippen molar-refractivity contribution in [1.82, 2.24) is 0 Å². The van der Waals surface area contributed by atoms with Gasteiger partial charge in [0.25, 0.3) is 0 Å². The largest absolute Gasteiger partial charge is 0.359 e. The van der Waals surface area contributed by atoms with Crippen molar-refractivity contribution in [3.8, 4) is 0 Å². The lowest BCUT2D eigenvalue weighted by Gasteiger charge is -2.11. The van der Waals surface area contributed by atoms with Crippen LogP contribution in [0.1, 0.15) is 33.6 Å². The van der Waals surface area contributed by atoms with E-state index in [1.807, 2.05) is 6.07 Å². The summed E-state index contributed by atoms with van der Waals surface area (Å²) in [4.78, 5) is 0. The number of allylic oxidation sites excluding steroid dienone is 2. The lowest BCUT2D eigenvalue weighted by molar-refractivity contribution is 0.690. The Balaban J connectivity index is 2.66. The number of rotatable bonds is 5. The van der Waals surface area contributed by atoms with Crippen LogP contribution in [0.25, 0.3) is 0 Å². The molecule has 15 heavy (non-hydrogen) atoms. The van der Waals surface area contributed by atoms with E-state index in [4.69, 9.17) is 0 Å². The van der Waals surface area contributed by atoms with Gasteiger partial charge in [-0.1, -0.05) is 51.5 Å². The zero-order valence-corrected chi connectivity index (χ0v) is 9.96. The molecule has 0 amide bonds. The molecule has 1 atom stereocenters. The minimum atomic E-state index is 0.649. The lowest BCUT2D eigenvalue weighted by Crippen LogP contribution is -2.00. The molecule has 0 aromatic heterocycles. The summed E-state index contributed by atoms with van der Waals surface area (Å²) in [6, 6.07) is 10.3. The summed E-state index contributed by atoms with van der Waals surface area (Å²) in [6.07, 6.45) is 4.58. The maximum Gasteiger partial charge on any atom is 0.0381 e. The lowest BCUT2D eigenvalue weighted by atomic mass is 10.1. The highest BCUT2D eigenvalue weighted by Crippen LogP contribution is 2.14. The summed E-state index contributed by atoms with van der Waals surface area (Å²) in [6.45, 7) is 6.66. The number of nitrogens with one attached hydrogen (secondary N) is 1. The van der Waals surface area contributed by atoms with E-state index < -0.39 is 0 Å².